The van der Waals surface area contributed by atoms with Gasteiger partial charge in [-0.05, 0) is 19.9 Å². The number of amides is 2. The van der Waals surface area contributed by atoms with E-state index >= 15 is 0 Å². The number of ether oxygens (including phenoxy) is 1. The first kappa shape index (κ1) is 16.2. The number of carbonyl (C=O) groups is 2. The molecule has 2 rings (SSSR count). The lowest BCUT2D eigenvalue weighted by Gasteiger charge is -2.35. The van der Waals surface area contributed by atoms with Gasteiger partial charge in [-0.1, -0.05) is 0 Å². The van der Waals surface area contributed by atoms with Crippen LogP contribution in [0.4, 0.5) is 0 Å². The van der Waals surface area contributed by atoms with E-state index in [1.807, 2.05) is 11.9 Å². The Labute approximate surface area is 127 Å². The third-order valence-electron chi connectivity index (χ3n) is 4.49. The molecule has 21 heavy (non-hydrogen) atoms. The van der Waals surface area contributed by atoms with Gasteiger partial charge in [-0.3, -0.25) is 9.59 Å². The SMILES string of the molecule is CC(=O)N1CCC(C(=O)N(C)CC2CN(C)CCO2)CC1. The lowest BCUT2D eigenvalue weighted by atomic mass is 9.95. The largest absolute Gasteiger partial charge is 0.374 e. The predicted molar refractivity (Wildman–Crippen MR) is 79.9 cm³/mol. The van der Waals surface area contributed by atoms with Crippen LogP contribution in [0.5, 0.6) is 0 Å². The Morgan fingerprint density at radius 3 is 2.48 bits per heavy atom. The minimum absolute atomic E-state index is 0.0481. The highest BCUT2D eigenvalue weighted by Gasteiger charge is 2.29. The van der Waals surface area contributed by atoms with Gasteiger partial charge in [0.1, 0.15) is 0 Å². The molecule has 2 saturated heterocycles. The summed E-state index contributed by atoms with van der Waals surface area (Å²) in [6.45, 7) is 6.20. The van der Waals surface area contributed by atoms with Gasteiger partial charge in [0, 0.05) is 52.6 Å². The van der Waals surface area contributed by atoms with E-state index in [1.165, 1.54) is 0 Å². The van der Waals surface area contributed by atoms with Crippen LogP contribution < -0.4 is 0 Å². The number of carbonyl (C=O) groups excluding carboxylic acids is 2. The summed E-state index contributed by atoms with van der Waals surface area (Å²) in [5, 5.41) is 0. The van der Waals surface area contributed by atoms with Gasteiger partial charge < -0.3 is 19.4 Å². The van der Waals surface area contributed by atoms with E-state index < -0.39 is 0 Å². The second kappa shape index (κ2) is 7.22. The van der Waals surface area contributed by atoms with Crippen LogP contribution in [-0.2, 0) is 14.3 Å². The lowest BCUT2D eigenvalue weighted by Crippen LogP contribution is -2.48. The molecule has 1 atom stereocenters. The summed E-state index contributed by atoms with van der Waals surface area (Å²) in [4.78, 5) is 29.7. The minimum Gasteiger partial charge on any atom is -0.374 e. The molecule has 2 fully saturated rings. The second-order valence-electron chi connectivity index (χ2n) is 6.25. The number of likely N-dealkylation sites (N-methyl/N-ethyl adjacent to an activating group) is 2. The van der Waals surface area contributed by atoms with Crippen molar-refractivity contribution < 1.29 is 14.3 Å². The highest BCUT2D eigenvalue weighted by Crippen LogP contribution is 2.19. The number of piperidine rings is 1. The van der Waals surface area contributed by atoms with E-state index in [4.69, 9.17) is 4.74 Å². The standard InChI is InChI=1S/C15H27N3O3/c1-12(19)18-6-4-13(5-7-18)15(20)17(3)11-14-10-16(2)8-9-21-14/h13-14H,4-11H2,1-3H3. The molecule has 120 valence electrons. The molecule has 2 heterocycles. The fourth-order valence-electron chi connectivity index (χ4n) is 3.13. The Morgan fingerprint density at radius 1 is 1.24 bits per heavy atom. The van der Waals surface area contributed by atoms with Crippen LogP contribution in [0.2, 0.25) is 0 Å². The van der Waals surface area contributed by atoms with E-state index in [0.29, 0.717) is 19.6 Å². The second-order valence-corrected chi connectivity index (χ2v) is 6.25. The van der Waals surface area contributed by atoms with Crippen LogP contribution in [0.1, 0.15) is 19.8 Å². The number of hydrogen-bond donors (Lipinski definition) is 0. The number of likely N-dealkylation sites (tertiary alicyclic amines) is 1. The smallest absolute Gasteiger partial charge is 0.225 e. The van der Waals surface area contributed by atoms with Crippen LogP contribution in [0, 0.1) is 5.92 Å². The van der Waals surface area contributed by atoms with E-state index in [2.05, 4.69) is 11.9 Å². The highest BCUT2D eigenvalue weighted by atomic mass is 16.5. The Kier molecular flexibility index (Phi) is 5.58. The van der Waals surface area contributed by atoms with Crippen LogP contribution in [-0.4, -0.2) is 86.0 Å². The summed E-state index contributed by atoms with van der Waals surface area (Å²) < 4.78 is 5.72. The minimum atomic E-state index is 0.0481. The fraction of sp³-hybridized carbons (Fsp3) is 0.867. The predicted octanol–water partition coefficient (Wildman–Crippen LogP) is 0.0339. The van der Waals surface area contributed by atoms with Crippen molar-refractivity contribution in [1.29, 1.82) is 0 Å². The third-order valence-corrected chi connectivity index (χ3v) is 4.49. The topological polar surface area (TPSA) is 53.1 Å². The third kappa shape index (κ3) is 4.41. The van der Waals surface area contributed by atoms with Gasteiger partial charge in [0.25, 0.3) is 0 Å². The molecule has 6 nitrogen and oxygen atoms in total. The van der Waals surface area contributed by atoms with Gasteiger partial charge >= 0.3 is 0 Å². The molecule has 0 N–H and O–H groups in total. The highest BCUT2D eigenvalue weighted by molar-refractivity contribution is 5.79. The van der Waals surface area contributed by atoms with Gasteiger partial charge in [-0.15, -0.1) is 0 Å². The Balaban J connectivity index is 1.78. The van der Waals surface area contributed by atoms with E-state index in [9.17, 15) is 9.59 Å². The van der Waals surface area contributed by atoms with Crippen molar-refractivity contribution in [3.63, 3.8) is 0 Å². The normalized spacial score (nSPS) is 24.9. The quantitative estimate of drug-likeness (QED) is 0.738. The monoisotopic (exact) mass is 297 g/mol. The zero-order valence-corrected chi connectivity index (χ0v) is 13.4. The van der Waals surface area contributed by atoms with Crippen molar-refractivity contribution in [3.8, 4) is 0 Å². The van der Waals surface area contributed by atoms with E-state index in [0.717, 1.165) is 32.5 Å². The molecule has 2 aliphatic rings. The number of rotatable bonds is 3. The van der Waals surface area contributed by atoms with Crippen molar-refractivity contribution >= 4 is 11.8 Å². The number of hydrogen-bond acceptors (Lipinski definition) is 4. The molecule has 2 amide bonds. The van der Waals surface area contributed by atoms with Gasteiger partial charge in [-0.25, -0.2) is 0 Å². The molecule has 0 radical (unpaired) electrons. The van der Waals surface area contributed by atoms with Crippen molar-refractivity contribution in [2.75, 3.05) is 53.4 Å². The first-order valence-electron chi connectivity index (χ1n) is 7.78. The summed E-state index contributed by atoms with van der Waals surface area (Å²) in [5.74, 6) is 0.342. The van der Waals surface area contributed by atoms with E-state index in [-0.39, 0.29) is 23.8 Å². The summed E-state index contributed by atoms with van der Waals surface area (Å²) in [5.41, 5.74) is 0. The Hall–Kier alpha value is -1.14. The zero-order chi connectivity index (χ0) is 15.4. The van der Waals surface area contributed by atoms with Crippen molar-refractivity contribution in [2.24, 2.45) is 5.92 Å². The van der Waals surface area contributed by atoms with Crippen LogP contribution in [0.15, 0.2) is 0 Å². The maximum Gasteiger partial charge on any atom is 0.225 e. The zero-order valence-electron chi connectivity index (χ0n) is 13.4. The summed E-state index contributed by atoms with van der Waals surface area (Å²) in [6.07, 6.45) is 1.65. The van der Waals surface area contributed by atoms with Gasteiger partial charge in [0.05, 0.1) is 12.7 Å². The summed E-state index contributed by atoms with van der Waals surface area (Å²) >= 11 is 0. The molecular weight excluding hydrogens is 270 g/mol. The van der Waals surface area contributed by atoms with Crippen molar-refractivity contribution in [3.05, 3.63) is 0 Å². The van der Waals surface area contributed by atoms with Crippen LogP contribution in [0.25, 0.3) is 0 Å². The molecule has 0 bridgehead atoms. The lowest BCUT2D eigenvalue weighted by molar-refractivity contribution is -0.141. The molecule has 0 aromatic rings. The maximum absolute atomic E-state index is 12.5. The molecule has 0 spiro atoms. The van der Waals surface area contributed by atoms with Crippen molar-refractivity contribution in [1.82, 2.24) is 14.7 Å². The average Bonchev–Trinajstić information content (AvgIpc) is 2.46. The summed E-state index contributed by atoms with van der Waals surface area (Å²) in [7, 11) is 3.94. The first-order chi connectivity index (χ1) is 9.97. The molecule has 0 aromatic heterocycles. The van der Waals surface area contributed by atoms with Gasteiger partial charge in [-0.2, -0.15) is 0 Å². The molecule has 0 aromatic carbocycles. The fourth-order valence-corrected chi connectivity index (χ4v) is 3.13. The summed E-state index contributed by atoms with van der Waals surface area (Å²) in [6, 6.07) is 0. The van der Waals surface area contributed by atoms with Crippen LogP contribution >= 0.6 is 0 Å². The van der Waals surface area contributed by atoms with Crippen molar-refractivity contribution in [2.45, 2.75) is 25.9 Å². The Morgan fingerprint density at radius 2 is 1.90 bits per heavy atom. The maximum atomic E-state index is 12.5. The van der Waals surface area contributed by atoms with Crippen LogP contribution in [0.3, 0.4) is 0 Å². The Bertz CT molecular complexity index is 380. The first-order valence-corrected chi connectivity index (χ1v) is 7.78. The molecule has 2 aliphatic heterocycles. The molecule has 1 unspecified atom stereocenters. The van der Waals surface area contributed by atoms with Gasteiger partial charge in [0.2, 0.25) is 11.8 Å². The van der Waals surface area contributed by atoms with Gasteiger partial charge in [0.15, 0.2) is 0 Å². The number of morpholine rings is 1. The number of nitrogens with zero attached hydrogens (tertiary/aromatic N) is 3. The molecule has 6 heteroatoms. The average molecular weight is 297 g/mol. The molecule has 0 saturated carbocycles. The van der Waals surface area contributed by atoms with E-state index in [1.54, 1.807) is 11.8 Å². The molecule has 0 aliphatic carbocycles. The molecular formula is C15H27N3O3.